The van der Waals surface area contributed by atoms with Gasteiger partial charge in [-0.25, -0.2) is 5.10 Å². The smallest absolute Gasteiger partial charge is 0.275 e. The standard InChI is InChI=1S/C21H22N4O4/c1-13-12-17(14(2)29-13)20(27)24-8-5-9-25(11-10-24)21(28)18-15-6-3-4-7-16(15)19(26)23-22-18/h3-4,6-7,12H,5,8-11H2,1-2H3,(H,23,26). The van der Waals surface area contributed by atoms with E-state index in [9.17, 15) is 14.4 Å². The molecule has 1 aliphatic rings. The molecule has 0 saturated carbocycles. The van der Waals surface area contributed by atoms with Gasteiger partial charge in [-0.1, -0.05) is 18.2 Å². The van der Waals surface area contributed by atoms with E-state index in [-0.39, 0.29) is 23.1 Å². The molecule has 0 bridgehead atoms. The van der Waals surface area contributed by atoms with Crippen molar-refractivity contribution in [3.8, 4) is 0 Å². The van der Waals surface area contributed by atoms with E-state index in [1.54, 1.807) is 47.1 Å². The molecule has 150 valence electrons. The lowest BCUT2D eigenvalue weighted by atomic mass is 10.1. The molecule has 4 rings (SSSR count). The zero-order valence-corrected chi connectivity index (χ0v) is 16.4. The van der Waals surface area contributed by atoms with E-state index in [1.807, 2.05) is 6.92 Å². The van der Waals surface area contributed by atoms with Crippen molar-refractivity contribution in [1.29, 1.82) is 0 Å². The Bertz CT molecular complexity index is 1150. The number of nitrogens with zero attached hydrogens (tertiary/aromatic N) is 3. The van der Waals surface area contributed by atoms with Crippen molar-refractivity contribution in [2.45, 2.75) is 20.3 Å². The third-order valence-electron chi connectivity index (χ3n) is 5.24. The van der Waals surface area contributed by atoms with Crippen molar-refractivity contribution in [3.05, 3.63) is 63.5 Å². The van der Waals surface area contributed by atoms with E-state index in [2.05, 4.69) is 10.2 Å². The molecule has 0 unspecified atom stereocenters. The lowest BCUT2D eigenvalue weighted by Crippen LogP contribution is -2.38. The number of aromatic nitrogens is 2. The van der Waals surface area contributed by atoms with Crippen LogP contribution in [0.5, 0.6) is 0 Å². The van der Waals surface area contributed by atoms with Crippen LogP contribution in [0.2, 0.25) is 0 Å². The lowest BCUT2D eigenvalue weighted by molar-refractivity contribution is 0.0715. The molecule has 2 amide bonds. The second kappa shape index (κ2) is 7.54. The van der Waals surface area contributed by atoms with Gasteiger partial charge in [-0.3, -0.25) is 14.4 Å². The summed E-state index contributed by atoms with van der Waals surface area (Å²) in [4.78, 5) is 41.4. The molecular weight excluding hydrogens is 372 g/mol. The highest BCUT2D eigenvalue weighted by Gasteiger charge is 2.27. The predicted molar refractivity (Wildman–Crippen MR) is 107 cm³/mol. The summed E-state index contributed by atoms with van der Waals surface area (Å²) in [5, 5.41) is 7.38. The van der Waals surface area contributed by atoms with Crippen LogP contribution in [0.15, 0.2) is 39.5 Å². The third-order valence-corrected chi connectivity index (χ3v) is 5.24. The second-order valence-electron chi connectivity index (χ2n) is 7.21. The Morgan fingerprint density at radius 2 is 1.66 bits per heavy atom. The predicted octanol–water partition coefficient (Wildman–Crippen LogP) is 2.12. The Morgan fingerprint density at radius 3 is 2.31 bits per heavy atom. The SMILES string of the molecule is Cc1cc(C(=O)N2CCCN(C(=O)c3n[nH]c(=O)c4ccccc34)CC2)c(C)o1. The molecule has 1 aliphatic heterocycles. The molecule has 8 heteroatoms. The first-order chi connectivity index (χ1) is 14.0. The van der Waals surface area contributed by atoms with E-state index in [0.29, 0.717) is 60.5 Å². The fourth-order valence-corrected chi connectivity index (χ4v) is 3.76. The third kappa shape index (κ3) is 3.53. The largest absolute Gasteiger partial charge is 0.466 e. The number of furan rings is 1. The minimum Gasteiger partial charge on any atom is -0.466 e. The summed E-state index contributed by atoms with van der Waals surface area (Å²) in [6, 6.07) is 8.67. The maximum Gasteiger partial charge on any atom is 0.275 e. The van der Waals surface area contributed by atoms with Crippen molar-refractivity contribution in [2.24, 2.45) is 0 Å². The summed E-state index contributed by atoms with van der Waals surface area (Å²) in [5.74, 6) is 0.977. The number of amides is 2. The zero-order valence-electron chi connectivity index (χ0n) is 16.4. The number of fused-ring (bicyclic) bond motifs is 1. The minimum atomic E-state index is -0.324. The average molecular weight is 394 g/mol. The number of hydrogen-bond donors (Lipinski definition) is 1. The number of aromatic amines is 1. The van der Waals surface area contributed by atoms with Crippen LogP contribution in [-0.4, -0.2) is 58.0 Å². The van der Waals surface area contributed by atoms with Gasteiger partial charge in [0.15, 0.2) is 5.69 Å². The zero-order chi connectivity index (χ0) is 20.5. The molecule has 0 atom stereocenters. The molecule has 1 aromatic carbocycles. The molecule has 3 heterocycles. The normalized spacial score (nSPS) is 14.8. The molecule has 1 saturated heterocycles. The van der Waals surface area contributed by atoms with Crippen LogP contribution in [0.3, 0.4) is 0 Å². The van der Waals surface area contributed by atoms with Crippen LogP contribution in [0.1, 0.15) is 38.8 Å². The lowest BCUT2D eigenvalue weighted by Gasteiger charge is -2.22. The maximum absolute atomic E-state index is 13.1. The summed E-state index contributed by atoms with van der Waals surface area (Å²) < 4.78 is 5.48. The van der Waals surface area contributed by atoms with E-state index < -0.39 is 0 Å². The van der Waals surface area contributed by atoms with Gasteiger partial charge in [0.1, 0.15) is 11.5 Å². The van der Waals surface area contributed by atoms with Crippen LogP contribution >= 0.6 is 0 Å². The highest BCUT2D eigenvalue weighted by Crippen LogP contribution is 2.19. The monoisotopic (exact) mass is 394 g/mol. The van der Waals surface area contributed by atoms with Crippen molar-refractivity contribution in [1.82, 2.24) is 20.0 Å². The topological polar surface area (TPSA) is 99.5 Å². The Labute approximate surface area is 167 Å². The Balaban J connectivity index is 1.54. The van der Waals surface area contributed by atoms with Gasteiger partial charge in [0.05, 0.1) is 10.9 Å². The summed E-state index contributed by atoms with van der Waals surface area (Å²) in [7, 11) is 0. The van der Waals surface area contributed by atoms with Gasteiger partial charge in [-0.15, -0.1) is 0 Å². The molecule has 1 N–H and O–H groups in total. The summed E-state index contributed by atoms with van der Waals surface area (Å²) in [5.41, 5.74) is 0.465. The van der Waals surface area contributed by atoms with Crippen LogP contribution in [0.25, 0.3) is 10.8 Å². The van der Waals surface area contributed by atoms with Gasteiger partial charge < -0.3 is 14.2 Å². The first-order valence-electron chi connectivity index (χ1n) is 9.58. The van der Waals surface area contributed by atoms with E-state index >= 15 is 0 Å². The number of carbonyl (C=O) groups is 2. The summed E-state index contributed by atoms with van der Waals surface area (Å²) in [6.07, 6.45) is 0.661. The molecule has 8 nitrogen and oxygen atoms in total. The maximum atomic E-state index is 13.1. The van der Waals surface area contributed by atoms with Crippen LogP contribution < -0.4 is 5.56 Å². The van der Waals surface area contributed by atoms with Gasteiger partial charge in [0, 0.05) is 31.6 Å². The quantitative estimate of drug-likeness (QED) is 0.718. The van der Waals surface area contributed by atoms with Gasteiger partial charge in [-0.2, -0.15) is 5.10 Å². The van der Waals surface area contributed by atoms with E-state index in [1.165, 1.54) is 0 Å². The fraction of sp³-hybridized carbons (Fsp3) is 0.333. The molecule has 0 aliphatic carbocycles. The first kappa shape index (κ1) is 18.9. The highest BCUT2D eigenvalue weighted by molar-refractivity contribution is 6.04. The average Bonchev–Trinajstić information content (AvgIpc) is 2.92. The number of H-pyrrole nitrogens is 1. The number of aryl methyl sites for hydroxylation is 2. The van der Waals surface area contributed by atoms with Crippen LogP contribution in [0.4, 0.5) is 0 Å². The number of benzene rings is 1. The Kier molecular flexibility index (Phi) is 4.92. The van der Waals surface area contributed by atoms with Gasteiger partial charge >= 0.3 is 0 Å². The second-order valence-corrected chi connectivity index (χ2v) is 7.21. The van der Waals surface area contributed by atoms with Crippen LogP contribution in [-0.2, 0) is 0 Å². The Morgan fingerprint density at radius 1 is 1.00 bits per heavy atom. The number of hydrogen-bond acceptors (Lipinski definition) is 5. The minimum absolute atomic E-state index is 0.0822. The molecular formula is C21H22N4O4. The van der Waals surface area contributed by atoms with Gasteiger partial charge in [0.2, 0.25) is 0 Å². The summed E-state index contributed by atoms with van der Waals surface area (Å²) in [6.45, 7) is 5.49. The molecule has 1 fully saturated rings. The van der Waals surface area contributed by atoms with Gasteiger partial charge in [0.25, 0.3) is 17.4 Å². The first-order valence-corrected chi connectivity index (χ1v) is 9.58. The molecule has 29 heavy (non-hydrogen) atoms. The number of rotatable bonds is 2. The number of nitrogens with one attached hydrogen (secondary N) is 1. The van der Waals surface area contributed by atoms with Crippen molar-refractivity contribution < 1.29 is 14.0 Å². The Hall–Kier alpha value is -3.42. The van der Waals surface area contributed by atoms with Gasteiger partial charge in [-0.05, 0) is 32.4 Å². The van der Waals surface area contributed by atoms with Crippen LogP contribution in [0, 0.1) is 13.8 Å². The molecule has 0 radical (unpaired) electrons. The fourth-order valence-electron chi connectivity index (χ4n) is 3.76. The van der Waals surface area contributed by atoms with Crippen molar-refractivity contribution >= 4 is 22.6 Å². The molecule has 3 aromatic rings. The molecule has 0 spiro atoms. The van der Waals surface area contributed by atoms with E-state index in [4.69, 9.17) is 4.42 Å². The van der Waals surface area contributed by atoms with Crippen molar-refractivity contribution in [3.63, 3.8) is 0 Å². The molecule has 2 aromatic heterocycles. The van der Waals surface area contributed by atoms with Crippen molar-refractivity contribution in [2.75, 3.05) is 26.2 Å². The van der Waals surface area contributed by atoms with E-state index in [0.717, 1.165) is 0 Å². The highest BCUT2D eigenvalue weighted by atomic mass is 16.3. The number of carbonyl (C=O) groups excluding carboxylic acids is 2. The summed E-state index contributed by atoms with van der Waals surface area (Å²) >= 11 is 0.